The maximum Gasteiger partial charge on any atom is 0.269 e. The molecule has 4 aliphatic rings. The minimum atomic E-state index is -2.08. The number of aromatic hydroxyl groups is 1. The van der Waals surface area contributed by atoms with Gasteiger partial charge in [0, 0.05) is 29.7 Å². The van der Waals surface area contributed by atoms with E-state index in [0.29, 0.717) is 11.3 Å². The van der Waals surface area contributed by atoms with Gasteiger partial charge in [0.05, 0.1) is 27.9 Å². The van der Waals surface area contributed by atoms with E-state index in [2.05, 4.69) is 15.9 Å². The minimum Gasteiger partial charge on any atom is -0.508 e. The first-order valence-corrected chi connectivity index (χ1v) is 16.9. The topological polar surface area (TPSA) is 147 Å². The number of nitrogens with zero attached hydrogens (tertiary/aromatic N) is 3. The van der Waals surface area contributed by atoms with E-state index in [1.54, 1.807) is 18.2 Å². The molecule has 0 radical (unpaired) electrons. The molecule has 2 heterocycles. The number of halogens is 3. The van der Waals surface area contributed by atoms with Crippen molar-refractivity contribution in [1.82, 2.24) is 4.90 Å². The molecule has 0 unspecified atom stereocenters. The van der Waals surface area contributed by atoms with Gasteiger partial charge in [-0.2, -0.15) is 0 Å². The van der Waals surface area contributed by atoms with Crippen LogP contribution in [0.5, 0.6) is 11.5 Å². The van der Waals surface area contributed by atoms with E-state index in [0.717, 1.165) is 15.4 Å². The van der Waals surface area contributed by atoms with Crippen LogP contribution in [0.4, 0.5) is 11.4 Å². The molecule has 3 aromatic carbocycles. The molecule has 3 aromatic rings. The fraction of sp³-hybridized carbons (Fsp3) is 0.294. The Kier molecular flexibility index (Phi) is 7.88. The Morgan fingerprint density at radius 1 is 0.958 bits per heavy atom. The zero-order valence-corrected chi connectivity index (χ0v) is 28.0. The Morgan fingerprint density at radius 3 is 2.31 bits per heavy atom. The smallest absolute Gasteiger partial charge is 0.269 e. The van der Waals surface area contributed by atoms with Crippen molar-refractivity contribution >= 4 is 74.1 Å². The lowest BCUT2D eigenvalue weighted by Crippen LogP contribution is -2.60. The predicted octanol–water partition coefficient (Wildman–Crippen LogP) is 5.80. The molecule has 6 atom stereocenters. The normalized spacial score (nSPS) is 29.4. The van der Waals surface area contributed by atoms with E-state index in [1.165, 1.54) is 30.3 Å². The third-order valence-corrected chi connectivity index (χ3v) is 11.8. The summed E-state index contributed by atoms with van der Waals surface area (Å²) in [4.78, 5) is 64.2. The number of phenols is 1. The molecule has 246 valence electrons. The highest BCUT2D eigenvalue weighted by molar-refractivity contribution is 9.09. The summed E-state index contributed by atoms with van der Waals surface area (Å²) < 4.78 is 5.89. The Balaban J connectivity index is 1.30. The van der Waals surface area contributed by atoms with Gasteiger partial charge in [-0.25, -0.2) is 0 Å². The number of nitro groups is 1. The van der Waals surface area contributed by atoms with Crippen LogP contribution in [-0.4, -0.2) is 53.8 Å². The van der Waals surface area contributed by atoms with Gasteiger partial charge in [-0.3, -0.25) is 39.1 Å². The summed E-state index contributed by atoms with van der Waals surface area (Å²) in [6, 6.07) is 19.1. The molecule has 0 aromatic heterocycles. The summed E-state index contributed by atoms with van der Waals surface area (Å²) in [5.74, 6) is -6.21. The number of nitro benzene ring substituents is 1. The average Bonchev–Trinajstić information content (AvgIpc) is 3.42. The summed E-state index contributed by atoms with van der Waals surface area (Å²) in [5, 5.41) is 22.6. The maximum absolute atomic E-state index is 14.1. The van der Waals surface area contributed by atoms with Crippen LogP contribution < -0.4 is 9.64 Å². The van der Waals surface area contributed by atoms with Crippen molar-refractivity contribution < 1.29 is 33.9 Å². The van der Waals surface area contributed by atoms with Gasteiger partial charge in [0.15, 0.2) is 9.75 Å². The summed E-state index contributed by atoms with van der Waals surface area (Å²) in [6.07, 6.45) is 1.66. The van der Waals surface area contributed by atoms with E-state index < -0.39 is 62.0 Å². The Morgan fingerprint density at radius 2 is 1.67 bits per heavy atom. The number of likely N-dealkylation sites (tertiary alicyclic amines) is 1. The van der Waals surface area contributed by atoms with E-state index in [1.807, 2.05) is 30.3 Å². The number of phenolic OH excluding ortho intramolecular Hbond substituents is 1. The number of allylic oxidation sites excluding steroid dienone is 2. The second-order valence-corrected chi connectivity index (χ2v) is 14.0. The van der Waals surface area contributed by atoms with E-state index in [9.17, 15) is 34.4 Å². The Hall–Kier alpha value is -4.26. The summed E-state index contributed by atoms with van der Waals surface area (Å²) >= 11 is 17.7. The summed E-state index contributed by atoms with van der Waals surface area (Å²) in [5.41, 5.74) is 1.42. The van der Waals surface area contributed by atoms with E-state index >= 15 is 0 Å². The van der Waals surface area contributed by atoms with Crippen molar-refractivity contribution in [3.05, 3.63) is 106 Å². The molecular weight excluding hydrogens is 729 g/mol. The number of ether oxygens (including phenoxy) is 1. The molecule has 3 fully saturated rings. The number of carbonyl (C=O) groups excluding carboxylic acids is 4. The number of fused-ring (bicyclic) bond motifs is 4. The van der Waals surface area contributed by atoms with Crippen LogP contribution >= 0.6 is 39.1 Å². The summed E-state index contributed by atoms with van der Waals surface area (Å²) in [6.45, 7) is 0.234. The summed E-state index contributed by atoms with van der Waals surface area (Å²) in [7, 11) is 0. The number of rotatable bonds is 7. The molecule has 1 saturated carbocycles. The molecule has 11 nitrogen and oxygen atoms in total. The number of benzene rings is 3. The number of imide groups is 2. The van der Waals surface area contributed by atoms with Crippen molar-refractivity contribution in [2.24, 2.45) is 17.8 Å². The Bertz CT molecular complexity index is 1920. The van der Waals surface area contributed by atoms with Crippen LogP contribution in [0, 0.1) is 27.9 Å². The number of non-ortho nitro benzene ring substituents is 1. The number of carbonyl (C=O) groups is 4. The van der Waals surface area contributed by atoms with Gasteiger partial charge < -0.3 is 9.84 Å². The van der Waals surface area contributed by atoms with E-state index in [4.69, 9.17) is 27.9 Å². The third kappa shape index (κ3) is 4.60. The largest absolute Gasteiger partial charge is 0.508 e. The van der Waals surface area contributed by atoms with E-state index in [-0.39, 0.29) is 47.6 Å². The van der Waals surface area contributed by atoms with Gasteiger partial charge in [-0.05, 0) is 42.5 Å². The maximum atomic E-state index is 14.1. The lowest BCUT2D eigenvalue weighted by molar-refractivity contribution is -0.384. The van der Waals surface area contributed by atoms with Crippen LogP contribution in [0.1, 0.15) is 29.9 Å². The van der Waals surface area contributed by atoms with Gasteiger partial charge in [0.2, 0.25) is 11.8 Å². The Labute approximate surface area is 292 Å². The zero-order valence-electron chi connectivity index (χ0n) is 24.9. The monoisotopic (exact) mass is 753 g/mol. The molecule has 7 rings (SSSR count). The van der Waals surface area contributed by atoms with Crippen molar-refractivity contribution in [1.29, 1.82) is 0 Å². The lowest BCUT2D eigenvalue weighted by atomic mass is 9.56. The third-order valence-electron chi connectivity index (χ3n) is 9.89. The predicted molar refractivity (Wildman–Crippen MR) is 178 cm³/mol. The molecule has 4 amide bonds. The fourth-order valence-corrected chi connectivity index (χ4v) is 9.09. The van der Waals surface area contributed by atoms with Crippen LogP contribution in [0.15, 0.2) is 84.4 Å². The number of hydrogen-bond acceptors (Lipinski definition) is 8. The molecule has 2 saturated heterocycles. The van der Waals surface area contributed by atoms with Crippen LogP contribution in [0.3, 0.4) is 0 Å². The van der Waals surface area contributed by atoms with Crippen molar-refractivity contribution in [3.63, 3.8) is 0 Å². The second-order valence-electron chi connectivity index (χ2n) is 12.3. The van der Waals surface area contributed by atoms with Crippen molar-refractivity contribution in [2.75, 3.05) is 10.4 Å². The van der Waals surface area contributed by atoms with Crippen molar-refractivity contribution in [2.45, 2.75) is 35.1 Å². The first kappa shape index (κ1) is 32.3. The first-order chi connectivity index (χ1) is 22.9. The molecule has 0 bridgehead atoms. The standard InChI is InChI=1S/C34H26BrCl2N3O8/c35-17-38-31(44)33(36)15-25-22(12-13-24-27(25)30(43)39(29(24)42)19-6-8-20(9-7-19)40(46)47)28(34(33,37)32(38)45)23-11-10-21(14-26(23)41)48-16-18-4-2-1-3-5-18/h1-12,14,24-25,27-28,41H,13,15-17H2/t24-,25+,27-,28+,33+,34-/m0/s1. The van der Waals surface area contributed by atoms with Crippen LogP contribution in [0.2, 0.25) is 0 Å². The number of hydrogen-bond donors (Lipinski definition) is 1. The number of amides is 4. The highest BCUT2D eigenvalue weighted by atomic mass is 79.9. The molecule has 48 heavy (non-hydrogen) atoms. The highest BCUT2D eigenvalue weighted by Gasteiger charge is 2.76. The van der Waals surface area contributed by atoms with Gasteiger partial charge >= 0.3 is 0 Å². The molecule has 14 heteroatoms. The van der Waals surface area contributed by atoms with Crippen LogP contribution in [0.25, 0.3) is 0 Å². The fourth-order valence-electron chi connectivity index (χ4n) is 7.67. The second kappa shape index (κ2) is 11.7. The zero-order chi connectivity index (χ0) is 34.1. The molecule has 2 aliphatic carbocycles. The van der Waals surface area contributed by atoms with Gasteiger partial charge in [-0.15, -0.1) is 23.2 Å². The van der Waals surface area contributed by atoms with Gasteiger partial charge in [0.25, 0.3) is 17.5 Å². The average molecular weight is 755 g/mol. The SMILES string of the molecule is O=C1[C@H]2[C@H](CC=C3[C@H]2C[C@@]2(Cl)C(=O)N(CBr)C(=O)[C@@]2(Cl)[C@H]3c2ccc(OCc3ccccc3)cc2O)C(=O)N1c1ccc([N+](=O)[O-])cc1. The molecule has 1 N–H and O–H groups in total. The van der Waals surface area contributed by atoms with Gasteiger partial charge in [-0.1, -0.05) is 64.0 Å². The van der Waals surface area contributed by atoms with Gasteiger partial charge in [0.1, 0.15) is 18.1 Å². The minimum absolute atomic E-state index is 0.118. The number of anilines is 1. The molecule has 0 spiro atoms. The molecular formula is C34H26BrCl2N3O8. The molecule has 2 aliphatic heterocycles. The highest BCUT2D eigenvalue weighted by Crippen LogP contribution is 2.66. The quantitative estimate of drug-likeness (QED) is 0.0796. The number of alkyl halides is 3. The van der Waals surface area contributed by atoms with Crippen LogP contribution in [-0.2, 0) is 25.8 Å². The van der Waals surface area contributed by atoms with Crippen molar-refractivity contribution in [3.8, 4) is 11.5 Å². The first-order valence-electron chi connectivity index (χ1n) is 15.0. The lowest BCUT2D eigenvalue weighted by Gasteiger charge is -2.50.